The summed E-state index contributed by atoms with van der Waals surface area (Å²) in [5.41, 5.74) is 5.10. The van der Waals surface area contributed by atoms with Crippen molar-refractivity contribution in [3.8, 4) is 0 Å². The van der Waals surface area contributed by atoms with E-state index in [4.69, 9.17) is 0 Å². The summed E-state index contributed by atoms with van der Waals surface area (Å²) in [6.45, 7) is 10.7. The van der Waals surface area contributed by atoms with Crippen LogP contribution in [-0.4, -0.2) is 26.3 Å². The molecule has 23 heavy (non-hydrogen) atoms. The molecule has 0 aliphatic rings. The second-order valence-electron chi connectivity index (χ2n) is 5.79. The number of carbonyl (C=O) groups excluding carboxylic acids is 1. The predicted octanol–water partition coefficient (Wildman–Crippen LogP) is 3.19. The molecule has 0 amide bonds. The van der Waals surface area contributed by atoms with Crippen LogP contribution in [0.5, 0.6) is 0 Å². The fourth-order valence-corrected chi connectivity index (χ4v) is 3.40. The van der Waals surface area contributed by atoms with E-state index in [-0.39, 0.29) is 17.2 Å². The summed E-state index contributed by atoms with van der Waals surface area (Å²) in [6.07, 6.45) is 0.844. The van der Waals surface area contributed by atoms with Gasteiger partial charge in [0, 0.05) is 12.1 Å². The van der Waals surface area contributed by atoms with Gasteiger partial charge in [-0.15, -0.1) is 5.10 Å². The molecule has 1 aromatic carbocycles. The van der Waals surface area contributed by atoms with Crippen LogP contribution >= 0.6 is 11.8 Å². The predicted molar refractivity (Wildman–Crippen MR) is 93.6 cm³/mol. The smallest absolute Gasteiger partial charge is 0.293 e. The quantitative estimate of drug-likeness (QED) is 0.651. The van der Waals surface area contributed by atoms with Crippen molar-refractivity contribution in [1.82, 2.24) is 14.8 Å². The monoisotopic (exact) mass is 333 g/mol. The zero-order valence-electron chi connectivity index (χ0n) is 14.3. The molecule has 6 heteroatoms. The van der Waals surface area contributed by atoms with Crippen LogP contribution in [0.1, 0.15) is 46.0 Å². The summed E-state index contributed by atoms with van der Waals surface area (Å²) >= 11 is 1.31. The van der Waals surface area contributed by atoms with Crippen molar-refractivity contribution < 1.29 is 4.79 Å². The summed E-state index contributed by atoms with van der Waals surface area (Å²) < 4.78 is 1.58. The first-order valence-corrected chi connectivity index (χ1v) is 8.74. The number of rotatable bonds is 6. The van der Waals surface area contributed by atoms with E-state index in [0.29, 0.717) is 11.7 Å². The highest BCUT2D eigenvalue weighted by Crippen LogP contribution is 2.23. The van der Waals surface area contributed by atoms with Crippen LogP contribution in [0.2, 0.25) is 0 Å². The third-order valence-electron chi connectivity index (χ3n) is 4.28. The average Bonchev–Trinajstić information content (AvgIpc) is 2.87. The molecule has 0 fully saturated rings. The zero-order chi connectivity index (χ0) is 17.1. The fourth-order valence-electron chi connectivity index (χ4n) is 2.54. The molecule has 0 atom stereocenters. The van der Waals surface area contributed by atoms with Gasteiger partial charge in [0.05, 0.1) is 5.75 Å². The maximum Gasteiger partial charge on any atom is 0.343 e. The average molecular weight is 333 g/mol. The lowest BCUT2D eigenvalue weighted by molar-refractivity contribution is 0.102. The number of nitrogens with zero attached hydrogens (tertiary/aromatic N) is 2. The van der Waals surface area contributed by atoms with Crippen molar-refractivity contribution in [2.24, 2.45) is 0 Å². The minimum absolute atomic E-state index is 0.0668. The minimum Gasteiger partial charge on any atom is -0.293 e. The van der Waals surface area contributed by atoms with E-state index in [1.807, 2.05) is 33.8 Å². The normalized spacial score (nSPS) is 11.0. The second-order valence-corrected chi connectivity index (χ2v) is 6.73. The number of benzene rings is 1. The fraction of sp³-hybridized carbons (Fsp3) is 0.471. The Morgan fingerprint density at radius 1 is 1.22 bits per heavy atom. The third-order valence-corrected chi connectivity index (χ3v) is 5.26. The van der Waals surface area contributed by atoms with Crippen LogP contribution in [0.4, 0.5) is 0 Å². The first-order valence-electron chi connectivity index (χ1n) is 7.75. The number of ketones is 1. The molecule has 124 valence electrons. The van der Waals surface area contributed by atoms with Crippen LogP contribution in [-0.2, 0) is 6.54 Å². The number of thioether (sulfide) groups is 1. The lowest BCUT2D eigenvalue weighted by Gasteiger charge is -2.13. The molecule has 0 saturated carbocycles. The molecule has 5 nitrogen and oxygen atoms in total. The highest BCUT2D eigenvalue weighted by Gasteiger charge is 2.16. The van der Waals surface area contributed by atoms with Gasteiger partial charge in [0.2, 0.25) is 0 Å². The number of H-pyrrole nitrogens is 1. The summed E-state index contributed by atoms with van der Waals surface area (Å²) in [5.74, 6) is 0.341. The van der Waals surface area contributed by atoms with Gasteiger partial charge in [0.15, 0.2) is 10.9 Å². The van der Waals surface area contributed by atoms with Gasteiger partial charge in [-0.05, 0) is 62.4 Å². The van der Waals surface area contributed by atoms with E-state index in [9.17, 15) is 9.59 Å². The van der Waals surface area contributed by atoms with E-state index >= 15 is 0 Å². The molecule has 1 heterocycles. The molecule has 0 aliphatic heterocycles. The molecule has 0 spiro atoms. The van der Waals surface area contributed by atoms with Crippen LogP contribution in [0.25, 0.3) is 0 Å². The van der Waals surface area contributed by atoms with Crippen LogP contribution < -0.4 is 5.69 Å². The van der Waals surface area contributed by atoms with Gasteiger partial charge in [0.25, 0.3) is 0 Å². The lowest BCUT2D eigenvalue weighted by Crippen LogP contribution is -2.17. The molecule has 0 unspecified atom stereocenters. The van der Waals surface area contributed by atoms with E-state index in [1.54, 1.807) is 4.57 Å². The van der Waals surface area contributed by atoms with Gasteiger partial charge in [-0.2, -0.15) is 0 Å². The Hall–Kier alpha value is -1.82. The van der Waals surface area contributed by atoms with Crippen molar-refractivity contribution in [3.63, 3.8) is 0 Å². The van der Waals surface area contributed by atoms with Crippen LogP contribution in [0, 0.1) is 27.7 Å². The SMILES string of the molecule is CCCn1c(SCC(=O)c2cc(C)c(C)c(C)c2C)n[nH]c1=O. The summed E-state index contributed by atoms with van der Waals surface area (Å²) in [4.78, 5) is 24.3. The summed E-state index contributed by atoms with van der Waals surface area (Å²) in [7, 11) is 0. The number of carbonyl (C=O) groups is 1. The first kappa shape index (κ1) is 17.5. The molecule has 1 aromatic heterocycles. The highest BCUT2D eigenvalue weighted by molar-refractivity contribution is 7.99. The number of aromatic amines is 1. The van der Waals surface area contributed by atoms with Crippen molar-refractivity contribution in [2.75, 3.05) is 5.75 Å². The van der Waals surface area contributed by atoms with E-state index in [0.717, 1.165) is 23.1 Å². The number of hydrogen-bond donors (Lipinski definition) is 1. The van der Waals surface area contributed by atoms with Gasteiger partial charge in [-0.25, -0.2) is 9.89 Å². The van der Waals surface area contributed by atoms with Gasteiger partial charge < -0.3 is 0 Å². The number of aryl methyl sites for hydroxylation is 1. The van der Waals surface area contributed by atoms with E-state index in [2.05, 4.69) is 17.1 Å². The van der Waals surface area contributed by atoms with Crippen molar-refractivity contribution in [1.29, 1.82) is 0 Å². The highest BCUT2D eigenvalue weighted by atomic mass is 32.2. The van der Waals surface area contributed by atoms with Gasteiger partial charge in [0.1, 0.15) is 0 Å². The second kappa shape index (κ2) is 7.17. The number of aromatic nitrogens is 3. The van der Waals surface area contributed by atoms with Crippen LogP contribution in [0.3, 0.4) is 0 Å². The standard InChI is InChI=1S/C17H23N3O2S/c1-6-7-20-16(22)18-19-17(20)23-9-15(21)14-8-10(2)11(3)12(4)13(14)5/h8H,6-7,9H2,1-5H3,(H,18,22). The molecule has 0 aliphatic carbocycles. The largest absolute Gasteiger partial charge is 0.343 e. The van der Waals surface area contributed by atoms with Crippen molar-refractivity contribution in [3.05, 3.63) is 44.4 Å². The molecule has 2 rings (SSSR count). The number of Topliss-reactive ketones (excluding diaryl/α,β-unsaturated/α-hetero) is 1. The van der Waals surface area contributed by atoms with Gasteiger partial charge in [-0.3, -0.25) is 9.36 Å². The molecular formula is C17H23N3O2S. The van der Waals surface area contributed by atoms with E-state index in [1.165, 1.54) is 22.9 Å². The van der Waals surface area contributed by atoms with Gasteiger partial charge in [-0.1, -0.05) is 18.7 Å². The van der Waals surface area contributed by atoms with Gasteiger partial charge >= 0.3 is 5.69 Å². The topological polar surface area (TPSA) is 67.8 Å². The number of hydrogen-bond acceptors (Lipinski definition) is 4. The van der Waals surface area contributed by atoms with Crippen molar-refractivity contribution >= 4 is 17.5 Å². The molecular weight excluding hydrogens is 310 g/mol. The number of nitrogens with one attached hydrogen (secondary N) is 1. The van der Waals surface area contributed by atoms with E-state index < -0.39 is 0 Å². The molecule has 0 radical (unpaired) electrons. The van der Waals surface area contributed by atoms with Crippen LogP contribution in [0.15, 0.2) is 16.0 Å². The third kappa shape index (κ3) is 3.58. The van der Waals surface area contributed by atoms with Crippen molar-refractivity contribution in [2.45, 2.75) is 52.7 Å². The minimum atomic E-state index is -0.222. The Morgan fingerprint density at radius 2 is 1.91 bits per heavy atom. The lowest BCUT2D eigenvalue weighted by atomic mass is 9.93. The zero-order valence-corrected chi connectivity index (χ0v) is 15.1. The first-order chi connectivity index (χ1) is 10.9. The summed E-state index contributed by atoms with van der Waals surface area (Å²) in [6, 6.07) is 1.96. The molecule has 0 bridgehead atoms. The Labute approximate surface area is 140 Å². The molecule has 0 saturated heterocycles. The Balaban J connectivity index is 2.20. The Kier molecular flexibility index (Phi) is 5.46. The Morgan fingerprint density at radius 3 is 2.57 bits per heavy atom. The molecule has 1 N–H and O–H groups in total. The molecule has 2 aromatic rings. The maximum atomic E-state index is 12.6. The summed E-state index contributed by atoms with van der Waals surface area (Å²) in [5, 5.41) is 7.03. The Bertz CT molecular complexity index is 790. The maximum absolute atomic E-state index is 12.6.